The summed E-state index contributed by atoms with van der Waals surface area (Å²) < 4.78 is 0. The topological polar surface area (TPSA) is 40.5 Å². The van der Waals surface area contributed by atoms with Gasteiger partial charge >= 0.3 is 0 Å². The quantitative estimate of drug-likeness (QED) is 0.859. The fourth-order valence-corrected chi connectivity index (χ4v) is 2.96. The highest BCUT2D eigenvalue weighted by Gasteiger charge is 2.27. The Morgan fingerprint density at radius 3 is 2.60 bits per heavy atom. The number of ketones is 1. The van der Waals surface area contributed by atoms with Crippen molar-refractivity contribution in [1.29, 1.82) is 0 Å². The monoisotopic (exact) mass is 275 g/mol. The standard InChI is InChI=1S/C17H25NO2/c1-12-8-9-14(10-13(12)2)17(20)11-18(3)15-6-4-5-7-16(15)19/h8-10,15-16,19H,4-7,11H2,1-3H3. The molecule has 0 radical (unpaired) electrons. The number of nitrogens with zero attached hydrogens (tertiary/aromatic N) is 1. The van der Waals surface area contributed by atoms with Gasteiger partial charge in [-0.1, -0.05) is 25.0 Å². The van der Waals surface area contributed by atoms with E-state index in [0.717, 1.165) is 36.8 Å². The van der Waals surface area contributed by atoms with E-state index in [0.29, 0.717) is 6.54 Å². The summed E-state index contributed by atoms with van der Waals surface area (Å²) in [6, 6.07) is 5.98. The molecule has 2 atom stereocenters. The number of aliphatic hydroxyl groups excluding tert-OH is 1. The number of rotatable bonds is 4. The van der Waals surface area contributed by atoms with E-state index in [1.54, 1.807) is 0 Å². The summed E-state index contributed by atoms with van der Waals surface area (Å²) in [5.41, 5.74) is 3.12. The first-order valence-corrected chi connectivity index (χ1v) is 7.48. The van der Waals surface area contributed by atoms with Crippen LogP contribution in [-0.2, 0) is 0 Å². The Hall–Kier alpha value is -1.19. The molecule has 0 aliphatic heterocycles. The van der Waals surface area contributed by atoms with Gasteiger partial charge in [-0.3, -0.25) is 9.69 Å². The Balaban J connectivity index is 2.01. The van der Waals surface area contributed by atoms with Crippen LogP contribution < -0.4 is 0 Å². The van der Waals surface area contributed by atoms with Crippen molar-refractivity contribution in [1.82, 2.24) is 4.90 Å². The lowest BCUT2D eigenvalue weighted by Crippen LogP contribution is -2.45. The zero-order chi connectivity index (χ0) is 14.7. The number of Topliss-reactive ketones (excluding diaryl/α,β-unsaturated/α-hetero) is 1. The first-order valence-electron chi connectivity index (χ1n) is 7.48. The van der Waals surface area contributed by atoms with Crippen LogP contribution in [0, 0.1) is 13.8 Å². The van der Waals surface area contributed by atoms with Crippen LogP contribution in [0.25, 0.3) is 0 Å². The van der Waals surface area contributed by atoms with Gasteiger partial charge in [-0.25, -0.2) is 0 Å². The predicted molar refractivity (Wildman–Crippen MR) is 81.1 cm³/mol. The summed E-state index contributed by atoms with van der Waals surface area (Å²) in [6.07, 6.45) is 3.78. The average molecular weight is 275 g/mol. The molecule has 0 amide bonds. The molecule has 1 aromatic carbocycles. The van der Waals surface area contributed by atoms with E-state index in [-0.39, 0.29) is 17.9 Å². The van der Waals surface area contributed by atoms with Crippen molar-refractivity contribution in [2.45, 2.75) is 51.7 Å². The van der Waals surface area contributed by atoms with E-state index < -0.39 is 0 Å². The second kappa shape index (κ2) is 6.51. The van der Waals surface area contributed by atoms with Crippen molar-refractivity contribution < 1.29 is 9.90 Å². The molecule has 2 unspecified atom stereocenters. The van der Waals surface area contributed by atoms with Crippen LogP contribution in [0.2, 0.25) is 0 Å². The maximum Gasteiger partial charge on any atom is 0.176 e. The smallest absolute Gasteiger partial charge is 0.176 e. The minimum Gasteiger partial charge on any atom is -0.391 e. The van der Waals surface area contributed by atoms with Gasteiger partial charge < -0.3 is 5.11 Å². The average Bonchev–Trinajstić information content (AvgIpc) is 2.42. The Bertz CT molecular complexity index is 484. The molecule has 1 aromatic rings. The van der Waals surface area contributed by atoms with Crippen LogP contribution in [0.15, 0.2) is 18.2 Å². The molecule has 1 saturated carbocycles. The van der Waals surface area contributed by atoms with E-state index in [2.05, 4.69) is 0 Å². The largest absolute Gasteiger partial charge is 0.391 e. The number of carbonyl (C=O) groups is 1. The van der Waals surface area contributed by atoms with Gasteiger partial charge in [-0.2, -0.15) is 0 Å². The second-order valence-electron chi connectivity index (χ2n) is 6.06. The summed E-state index contributed by atoms with van der Waals surface area (Å²) in [7, 11) is 1.94. The van der Waals surface area contributed by atoms with Crippen molar-refractivity contribution >= 4 is 5.78 Å². The van der Waals surface area contributed by atoms with Crippen LogP contribution in [0.4, 0.5) is 0 Å². The number of hydrogen-bond donors (Lipinski definition) is 1. The van der Waals surface area contributed by atoms with Crippen LogP contribution in [0.5, 0.6) is 0 Å². The van der Waals surface area contributed by atoms with E-state index in [4.69, 9.17) is 0 Å². The summed E-state index contributed by atoms with van der Waals surface area (Å²) in [6.45, 7) is 4.46. The molecule has 20 heavy (non-hydrogen) atoms. The predicted octanol–water partition coefficient (Wildman–Crippen LogP) is 2.72. The molecule has 2 rings (SSSR count). The first-order chi connectivity index (χ1) is 9.49. The zero-order valence-electron chi connectivity index (χ0n) is 12.7. The Morgan fingerprint density at radius 1 is 1.25 bits per heavy atom. The SMILES string of the molecule is Cc1ccc(C(=O)CN(C)C2CCCCC2O)cc1C. The minimum absolute atomic E-state index is 0.124. The van der Waals surface area contributed by atoms with Gasteiger partial charge in [0.25, 0.3) is 0 Å². The number of aryl methyl sites for hydroxylation is 2. The van der Waals surface area contributed by atoms with Crippen molar-refractivity contribution in [3.8, 4) is 0 Å². The number of likely N-dealkylation sites (N-methyl/N-ethyl adjacent to an activating group) is 1. The lowest BCUT2D eigenvalue weighted by molar-refractivity contribution is 0.0322. The summed E-state index contributed by atoms with van der Waals surface area (Å²) >= 11 is 0. The first kappa shape index (κ1) is 15.2. The summed E-state index contributed by atoms with van der Waals surface area (Å²) in [5.74, 6) is 0.133. The van der Waals surface area contributed by atoms with E-state index in [1.165, 1.54) is 5.56 Å². The van der Waals surface area contributed by atoms with Gasteiger partial charge in [0, 0.05) is 11.6 Å². The molecule has 1 aliphatic carbocycles. The van der Waals surface area contributed by atoms with E-state index in [1.807, 2.05) is 44.0 Å². The lowest BCUT2D eigenvalue weighted by atomic mass is 9.91. The van der Waals surface area contributed by atoms with E-state index in [9.17, 15) is 9.90 Å². The van der Waals surface area contributed by atoms with Crippen molar-refractivity contribution in [2.75, 3.05) is 13.6 Å². The van der Waals surface area contributed by atoms with Crippen molar-refractivity contribution in [3.63, 3.8) is 0 Å². The fraction of sp³-hybridized carbons (Fsp3) is 0.588. The van der Waals surface area contributed by atoms with Gasteiger partial charge in [0.2, 0.25) is 0 Å². The van der Waals surface area contributed by atoms with Crippen LogP contribution in [0.3, 0.4) is 0 Å². The molecule has 110 valence electrons. The third-order valence-electron chi connectivity index (χ3n) is 4.48. The molecule has 0 saturated heterocycles. The molecular weight excluding hydrogens is 250 g/mol. The fourth-order valence-electron chi connectivity index (χ4n) is 2.96. The van der Waals surface area contributed by atoms with Gasteiger partial charge in [0.05, 0.1) is 12.6 Å². The molecule has 0 bridgehead atoms. The van der Waals surface area contributed by atoms with Gasteiger partial charge in [0.15, 0.2) is 5.78 Å². The minimum atomic E-state index is -0.290. The Kier molecular flexibility index (Phi) is 4.95. The number of hydrogen-bond acceptors (Lipinski definition) is 3. The zero-order valence-corrected chi connectivity index (χ0v) is 12.7. The Labute approximate surface area is 121 Å². The third-order valence-corrected chi connectivity index (χ3v) is 4.48. The molecule has 1 fully saturated rings. The molecule has 0 spiro atoms. The molecule has 1 N–H and O–H groups in total. The molecule has 0 aromatic heterocycles. The maximum absolute atomic E-state index is 12.3. The second-order valence-corrected chi connectivity index (χ2v) is 6.06. The third kappa shape index (κ3) is 3.47. The van der Waals surface area contributed by atoms with Crippen molar-refractivity contribution in [2.24, 2.45) is 0 Å². The molecule has 3 heteroatoms. The maximum atomic E-state index is 12.3. The van der Waals surface area contributed by atoms with E-state index >= 15 is 0 Å². The lowest BCUT2D eigenvalue weighted by Gasteiger charge is -2.34. The highest BCUT2D eigenvalue weighted by Crippen LogP contribution is 2.22. The number of aliphatic hydroxyl groups is 1. The molecule has 0 heterocycles. The van der Waals surface area contributed by atoms with Crippen LogP contribution in [-0.4, -0.2) is 41.5 Å². The van der Waals surface area contributed by atoms with Gasteiger partial charge in [-0.15, -0.1) is 0 Å². The summed E-state index contributed by atoms with van der Waals surface area (Å²) in [4.78, 5) is 14.4. The van der Waals surface area contributed by atoms with Crippen molar-refractivity contribution in [3.05, 3.63) is 34.9 Å². The summed E-state index contributed by atoms with van der Waals surface area (Å²) in [5, 5.41) is 10.1. The molecule has 3 nitrogen and oxygen atoms in total. The number of carbonyl (C=O) groups excluding carboxylic acids is 1. The van der Waals surface area contributed by atoms with Gasteiger partial charge in [0.1, 0.15) is 0 Å². The van der Waals surface area contributed by atoms with Crippen LogP contribution >= 0.6 is 0 Å². The molecular formula is C17H25NO2. The Morgan fingerprint density at radius 2 is 1.95 bits per heavy atom. The number of benzene rings is 1. The highest BCUT2D eigenvalue weighted by molar-refractivity contribution is 5.97. The van der Waals surface area contributed by atoms with Gasteiger partial charge in [-0.05, 0) is 50.9 Å². The van der Waals surface area contributed by atoms with Crippen LogP contribution in [0.1, 0.15) is 47.2 Å². The molecule has 1 aliphatic rings. The highest BCUT2D eigenvalue weighted by atomic mass is 16.3. The normalized spacial score (nSPS) is 23.1.